The molecule has 0 bridgehead atoms. The van der Waals surface area contributed by atoms with Crippen LogP contribution in [0.5, 0.6) is 5.75 Å². The molecule has 0 radical (unpaired) electrons. The summed E-state index contributed by atoms with van der Waals surface area (Å²) in [5.74, 6) is 0.894. The van der Waals surface area contributed by atoms with Gasteiger partial charge in [0.1, 0.15) is 11.3 Å². The highest BCUT2D eigenvalue weighted by Crippen LogP contribution is 2.48. The topological polar surface area (TPSA) is 38.7 Å². The number of rotatable bonds is 4. The lowest BCUT2D eigenvalue weighted by Gasteiger charge is -2.31. The summed E-state index contributed by atoms with van der Waals surface area (Å²) in [5.41, 5.74) is 3.07. The Morgan fingerprint density at radius 2 is 1.91 bits per heavy atom. The highest BCUT2D eigenvalue weighted by Gasteiger charge is 2.39. The van der Waals surface area contributed by atoms with E-state index in [1.54, 1.807) is 7.11 Å². The second-order valence-corrected chi connectivity index (χ2v) is 7.27. The molecular formula is C19H27NO2. The zero-order valence-electron chi connectivity index (χ0n) is 14.5. The van der Waals surface area contributed by atoms with Gasteiger partial charge in [-0.25, -0.2) is 4.79 Å². The summed E-state index contributed by atoms with van der Waals surface area (Å²) >= 11 is 0. The minimum atomic E-state index is -0.446. The summed E-state index contributed by atoms with van der Waals surface area (Å²) in [6.45, 7) is 8.73. The van der Waals surface area contributed by atoms with Gasteiger partial charge in [0.2, 0.25) is 6.08 Å². The third-order valence-electron chi connectivity index (χ3n) is 4.76. The maximum absolute atomic E-state index is 11.0. The van der Waals surface area contributed by atoms with E-state index in [0.29, 0.717) is 0 Å². The van der Waals surface area contributed by atoms with Gasteiger partial charge in [0, 0.05) is 11.1 Å². The fourth-order valence-corrected chi connectivity index (χ4v) is 3.50. The van der Waals surface area contributed by atoms with E-state index < -0.39 is 5.54 Å². The zero-order valence-corrected chi connectivity index (χ0v) is 14.5. The Kier molecular flexibility index (Phi) is 4.77. The van der Waals surface area contributed by atoms with Gasteiger partial charge in [-0.2, -0.15) is 4.99 Å². The molecule has 3 heteroatoms. The van der Waals surface area contributed by atoms with Gasteiger partial charge in [-0.05, 0) is 36.3 Å². The molecule has 0 unspecified atom stereocenters. The number of aliphatic imine (C=N–C) groups is 1. The van der Waals surface area contributed by atoms with Crippen LogP contribution in [0.15, 0.2) is 17.1 Å². The Morgan fingerprint density at radius 1 is 1.27 bits per heavy atom. The van der Waals surface area contributed by atoms with Crippen LogP contribution in [0.1, 0.15) is 70.1 Å². The maximum Gasteiger partial charge on any atom is 0.235 e. The first-order chi connectivity index (χ1) is 10.4. The van der Waals surface area contributed by atoms with E-state index in [1.165, 1.54) is 11.1 Å². The van der Waals surface area contributed by atoms with Crippen LogP contribution in [0.25, 0.3) is 0 Å². The van der Waals surface area contributed by atoms with Gasteiger partial charge in [-0.15, -0.1) is 0 Å². The second-order valence-electron chi connectivity index (χ2n) is 7.27. The maximum atomic E-state index is 11.0. The third kappa shape index (κ3) is 2.96. The average molecular weight is 301 g/mol. The average Bonchev–Trinajstić information content (AvgIpc) is 2.95. The second kappa shape index (κ2) is 6.26. The lowest BCUT2D eigenvalue weighted by molar-refractivity contribution is 0.366. The van der Waals surface area contributed by atoms with Crippen LogP contribution >= 0.6 is 0 Å². The van der Waals surface area contributed by atoms with E-state index in [9.17, 15) is 4.79 Å². The molecule has 1 aliphatic carbocycles. The van der Waals surface area contributed by atoms with Crippen molar-refractivity contribution in [3.63, 3.8) is 0 Å². The first-order valence-electron chi connectivity index (χ1n) is 8.19. The van der Waals surface area contributed by atoms with Gasteiger partial charge in [0.25, 0.3) is 0 Å². The van der Waals surface area contributed by atoms with Crippen molar-refractivity contribution in [2.45, 2.75) is 70.8 Å². The summed E-state index contributed by atoms with van der Waals surface area (Å²) in [6.07, 6.45) is 6.76. The van der Waals surface area contributed by atoms with Crippen LogP contribution in [0.2, 0.25) is 0 Å². The highest BCUT2D eigenvalue weighted by atomic mass is 16.5. The number of methoxy groups -OCH3 is 1. The fraction of sp³-hybridized carbons (Fsp3) is 0.632. The predicted octanol–water partition coefficient (Wildman–Crippen LogP) is 4.66. The van der Waals surface area contributed by atoms with Crippen molar-refractivity contribution in [2.24, 2.45) is 4.99 Å². The summed E-state index contributed by atoms with van der Waals surface area (Å²) in [4.78, 5) is 15.3. The fourth-order valence-electron chi connectivity index (χ4n) is 3.50. The Hall–Kier alpha value is -1.60. The minimum Gasteiger partial charge on any atom is -0.496 e. The third-order valence-corrected chi connectivity index (χ3v) is 4.76. The van der Waals surface area contributed by atoms with Crippen LogP contribution in [-0.2, 0) is 22.2 Å². The van der Waals surface area contributed by atoms with Crippen LogP contribution in [0, 0.1) is 0 Å². The van der Waals surface area contributed by atoms with E-state index in [2.05, 4.69) is 44.8 Å². The smallest absolute Gasteiger partial charge is 0.235 e. The minimum absolute atomic E-state index is 0.0179. The van der Waals surface area contributed by atoms with Crippen molar-refractivity contribution in [2.75, 3.05) is 7.11 Å². The molecule has 0 amide bonds. The van der Waals surface area contributed by atoms with Gasteiger partial charge in [0.05, 0.1) is 7.11 Å². The quantitative estimate of drug-likeness (QED) is 0.599. The molecule has 1 saturated carbocycles. The number of hydrogen-bond donors (Lipinski definition) is 0. The van der Waals surface area contributed by atoms with Crippen LogP contribution < -0.4 is 4.74 Å². The molecule has 120 valence electrons. The molecule has 0 spiro atoms. The molecule has 0 N–H and O–H groups in total. The van der Waals surface area contributed by atoms with E-state index in [4.69, 9.17) is 4.74 Å². The standard InChI is InChI=1S/C19H27NO2/c1-6-14-11-15(18(2,3)4)17(22-5)16(12-14)19(20-13-21)9-7-8-10-19/h11-12H,6-10H2,1-5H3. The summed E-state index contributed by atoms with van der Waals surface area (Å²) in [5, 5.41) is 0. The molecule has 0 heterocycles. The van der Waals surface area contributed by atoms with E-state index >= 15 is 0 Å². The van der Waals surface area contributed by atoms with Crippen LogP contribution in [0.3, 0.4) is 0 Å². The Morgan fingerprint density at radius 3 is 2.36 bits per heavy atom. The predicted molar refractivity (Wildman–Crippen MR) is 89.3 cm³/mol. The molecule has 2 rings (SSSR count). The first kappa shape index (κ1) is 16.8. The Balaban J connectivity index is 2.76. The van der Waals surface area contributed by atoms with Crippen molar-refractivity contribution in [1.29, 1.82) is 0 Å². The number of nitrogens with zero attached hydrogens (tertiary/aromatic N) is 1. The van der Waals surface area contributed by atoms with Gasteiger partial charge < -0.3 is 4.74 Å². The number of benzene rings is 1. The number of carbonyl (C=O) groups excluding carboxylic acids is 1. The van der Waals surface area contributed by atoms with Crippen molar-refractivity contribution >= 4 is 6.08 Å². The lowest BCUT2D eigenvalue weighted by Crippen LogP contribution is -2.23. The molecule has 1 aromatic rings. The van der Waals surface area contributed by atoms with E-state index in [-0.39, 0.29) is 5.41 Å². The monoisotopic (exact) mass is 301 g/mol. The summed E-state index contributed by atoms with van der Waals surface area (Å²) < 4.78 is 5.80. The molecule has 0 atom stereocenters. The normalized spacial score (nSPS) is 17.1. The van der Waals surface area contributed by atoms with Gasteiger partial charge >= 0.3 is 0 Å². The molecule has 0 aromatic heterocycles. The molecule has 0 saturated heterocycles. The van der Waals surface area contributed by atoms with Crippen LogP contribution in [0.4, 0.5) is 0 Å². The van der Waals surface area contributed by atoms with E-state index in [0.717, 1.165) is 43.4 Å². The Bertz CT molecular complexity index is 586. The lowest BCUT2D eigenvalue weighted by atomic mass is 9.79. The molecule has 1 aliphatic rings. The van der Waals surface area contributed by atoms with Crippen LogP contribution in [-0.4, -0.2) is 13.2 Å². The first-order valence-corrected chi connectivity index (χ1v) is 8.19. The SMILES string of the molecule is CCc1cc(C(C)(C)C)c(OC)c(C2(N=C=O)CCCC2)c1. The molecule has 1 aromatic carbocycles. The van der Waals surface area contributed by atoms with Gasteiger partial charge in [0.15, 0.2) is 0 Å². The van der Waals surface area contributed by atoms with Gasteiger partial charge in [-0.3, -0.25) is 0 Å². The van der Waals surface area contributed by atoms with Crippen molar-refractivity contribution in [3.8, 4) is 5.75 Å². The molecular weight excluding hydrogens is 274 g/mol. The zero-order chi connectivity index (χ0) is 16.4. The number of isocyanates is 1. The number of aryl methyl sites for hydroxylation is 1. The Labute approximate surface area is 133 Å². The number of ether oxygens (including phenoxy) is 1. The van der Waals surface area contributed by atoms with Gasteiger partial charge in [-0.1, -0.05) is 46.6 Å². The van der Waals surface area contributed by atoms with E-state index in [1.807, 2.05) is 6.08 Å². The van der Waals surface area contributed by atoms with Crippen molar-refractivity contribution in [1.82, 2.24) is 0 Å². The van der Waals surface area contributed by atoms with Crippen molar-refractivity contribution in [3.05, 3.63) is 28.8 Å². The summed E-state index contributed by atoms with van der Waals surface area (Å²) in [6, 6.07) is 4.41. The molecule has 1 fully saturated rings. The molecule has 3 nitrogen and oxygen atoms in total. The highest BCUT2D eigenvalue weighted by molar-refractivity contribution is 5.53. The molecule has 0 aliphatic heterocycles. The van der Waals surface area contributed by atoms with Crippen molar-refractivity contribution < 1.29 is 9.53 Å². The largest absolute Gasteiger partial charge is 0.496 e. The molecule has 22 heavy (non-hydrogen) atoms. The summed E-state index contributed by atoms with van der Waals surface area (Å²) in [7, 11) is 1.72. The number of hydrogen-bond acceptors (Lipinski definition) is 3.